The van der Waals surface area contributed by atoms with E-state index in [1.165, 1.54) is 37.4 Å². The number of ketones is 1. The molecule has 1 aromatic carbocycles. The van der Waals surface area contributed by atoms with Gasteiger partial charge in [-0.1, -0.05) is 23.2 Å². The van der Waals surface area contributed by atoms with E-state index in [9.17, 15) is 9.59 Å². The number of carbonyl (C=O) groups is 2. The summed E-state index contributed by atoms with van der Waals surface area (Å²) in [6.45, 7) is 0. The molecule has 0 aliphatic carbocycles. The quantitative estimate of drug-likeness (QED) is 0.642. The minimum absolute atomic E-state index is 0.0267. The molecule has 0 fully saturated rings. The molecule has 2 aromatic rings. The summed E-state index contributed by atoms with van der Waals surface area (Å²) >= 11 is 11.6. The molecule has 19 heavy (non-hydrogen) atoms. The molecular formula is C13H8Cl2O4. The van der Waals surface area contributed by atoms with Crippen LogP contribution in [0.3, 0.4) is 0 Å². The third-order valence-electron chi connectivity index (χ3n) is 2.40. The molecule has 98 valence electrons. The van der Waals surface area contributed by atoms with Crippen LogP contribution in [0.5, 0.6) is 0 Å². The molecule has 0 bridgehead atoms. The molecule has 0 unspecified atom stereocenters. The third-order valence-corrected chi connectivity index (χ3v) is 3.14. The standard InChI is InChI=1S/C13H8Cl2O4/c1-18-13(17)11-5-4-10(19-11)12(16)7-2-3-8(14)9(15)6-7/h2-6H,1H3. The number of rotatable bonds is 3. The van der Waals surface area contributed by atoms with Gasteiger partial charge in [0.25, 0.3) is 0 Å². The molecule has 1 heterocycles. The number of esters is 1. The van der Waals surface area contributed by atoms with Gasteiger partial charge in [-0.05, 0) is 30.3 Å². The van der Waals surface area contributed by atoms with Gasteiger partial charge in [0.15, 0.2) is 5.76 Å². The molecule has 0 aliphatic heterocycles. The molecule has 6 heteroatoms. The van der Waals surface area contributed by atoms with Crippen molar-refractivity contribution in [2.24, 2.45) is 0 Å². The zero-order valence-electron chi connectivity index (χ0n) is 9.78. The largest absolute Gasteiger partial charge is 0.463 e. The van der Waals surface area contributed by atoms with Crippen LogP contribution in [-0.2, 0) is 4.74 Å². The minimum atomic E-state index is -0.645. The highest BCUT2D eigenvalue weighted by atomic mass is 35.5. The lowest BCUT2D eigenvalue weighted by Gasteiger charge is -2.00. The molecule has 4 nitrogen and oxygen atoms in total. The first-order valence-electron chi connectivity index (χ1n) is 5.21. The second kappa shape index (κ2) is 5.47. The summed E-state index contributed by atoms with van der Waals surface area (Å²) in [5.74, 6) is -1.05. The minimum Gasteiger partial charge on any atom is -0.463 e. The van der Waals surface area contributed by atoms with Crippen molar-refractivity contribution >= 4 is 35.0 Å². The van der Waals surface area contributed by atoms with Gasteiger partial charge in [-0.25, -0.2) is 4.79 Å². The highest BCUT2D eigenvalue weighted by Gasteiger charge is 2.18. The van der Waals surface area contributed by atoms with Crippen LogP contribution in [0.15, 0.2) is 34.7 Å². The molecule has 0 saturated heterocycles. The number of methoxy groups -OCH3 is 1. The molecule has 0 radical (unpaired) electrons. The lowest BCUT2D eigenvalue weighted by Crippen LogP contribution is -2.01. The van der Waals surface area contributed by atoms with Gasteiger partial charge in [-0.2, -0.15) is 0 Å². The first-order valence-corrected chi connectivity index (χ1v) is 5.96. The Morgan fingerprint density at radius 1 is 1.05 bits per heavy atom. The van der Waals surface area contributed by atoms with E-state index in [-0.39, 0.29) is 16.5 Å². The number of halogens is 2. The van der Waals surface area contributed by atoms with E-state index in [2.05, 4.69) is 4.74 Å². The summed E-state index contributed by atoms with van der Waals surface area (Å²) in [5, 5.41) is 0.625. The average molecular weight is 299 g/mol. The number of hydrogen-bond donors (Lipinski definition) is 0. The zero-order chi connectivity index (χ0) is 14.0. The summed E-state index contributed by atoms with van der Waals surface area (Å²) < 4.78 is 9.61. The Balaban J connectivity index is 2.31. The topological polar surface area (TPSA) is 56.5 Å². The van der Waals surface area contributed by atoms with Crippen molar-refractivity contribution in [2.75, 3.05) is 7.11 Å². The predicted octanol–water partition coefficient (Wildman–Crippen LogP) is 3.60. The average Bonchev–Trinajstić information content (AvgIpc) is 2.89. The summed E-state index contributed by atoms with van der Waals surface area (Å²) in [5.41, 5.74) is 0.320. The molecule has 0 spiro atoms. The second-order valence-corrected chi connectivity index (χ2v) is 4.43. The lowest BCUT2D eigenvalue weighted by atomic mass is 10.1. The molecular weight excluding hydrogens is 291 g/mol. The fourth-order valence-electron chi connectivity index (χ4n) is 1.45. The first kappa shape index (κ1) is 13.6. The first-order chi connectivity index (χ1) is 9.02. The molecule has 0 N–H and O–H groups in total. The van der Waals surface area contributed by atoms with Gasteiger partial charge in [0, 0.05) is 5.56 Å². The molecule has 0 aliphatic rings. The Labute approximate surface area is 118 Å². The number of benzene rings is 1. The Hall–Kier alpha value is -1.78. The highest BCUT2D eigenvalue weighted by Crippen LogP contribution is 2.24. The Morgan fingerprint density at radius 2 is 1.74 bits per heavy atom. The van der Waals surface area contributed by atoms with E-state index in [4.69, 9.17) is 27.6 Å². The van der Waals surface area contributed by atoms with Crippen LogP contribution >= 0.6 is 23.2 Å². The maximum atomic E-state index is 12.1. The van der Waals surface area contributed by atoms with E-state index < -0.39 is 11.8 Å². The van der Waals surface area contributed by atoms with Crippen LogP contribution in [-0.4, -0.2) is 18.9 Å². The summed E-state index contributed by atoms with van der Waals surface area (Å²) in [4.78, 5) is 23.3. The monoisotopic (exact) mass is 298 g/mol. The van der Waals surface area contributed by atoms with Gasteiger partial charge in [0.1, 0.15) is 0 Å². The molecule has 0 saturated carbocycles. The van der Waals surface area contributed by atoms with Crippen molar-refractivity contribution in [1.82, 2.24) is 0 Å². The van der Waals surface area contributed by atoms with Crippen LogP contribution in [0.4, 0.5) is 0 Å². The zero-order valence-corrected chi connectivity index (χ0v) is 11.3. The third kappa shape index (κ3) is 2.80. The van der Waals surface area contributed by atoms with Gasteiger partial charge >= 0.3 is 5.97 Å². The van der Waals surface area contributed by atoms with Crippen molar-refractivity contribution in [3.8, 4) is 0 Å². The summed E-state index contributed by atoms with van der Waals surface area (Å²) in [6.07, 6.45) is 0. The van der Waals surface area contributed by atoms with Crippen LogP contribution in [0.25, 0.3) is 0 Å². The molecule has 0 amide bonds. The number of furan rings is 1. The van der Waals surface area contributed by atoms with E-state index in [0.29, 0.717) is 10.6 Å². The number of ether oxygens (including phenoxy) is 1. The van der Waals surface area contributed by atoms with Crippen LogP contribution in [0.1, 0.15) is 26.7 Å². The van der Waals surface area contributed by atoms with Gasteiger partial charge in [-0.3, -0.25) is 4.79 Å². The SMILES string of the molecule is COC(=O)c1ccc(C(=O)c2ccc(Cl)c(Cl)c2)o1. The van der Waals surface area contributed by atoms with Crippen molar-refractivity contribution in [1.29, 1.82) is 0 Å². The van der Waals surface area contributed by atoms with E-state index in [1.54, 1.807) is 0 Å². The highest BCUT2D eigenvalue weighted by molar-refractivity contribution is 6.42. The molecule has 0 atom stereocenters. The van der Waals surface area contributed by atoms with Crippen molar-refractivity contribution < 1.29 is 18.7 Å². The van der Waals surface area contributed by atoms with E-state index in [0.717, 1.165) is 0 Å². The fourth-order valence-corrected chi connectivity index (χ4v) is 1.75. The second-order valence-electron chi connectivity index (χ2n) is 3.61. The van der Waals surface area contributed by atoms with Crippen LogP contribution in [0.2, 0.25) is 10.0 Å². The molecule has 1 aromatic heterocycles. The van der Waals surface area contributed by atoms with Gasteiger partial charge in [0.2, 0.25) is 11.5 Å². The maximum Gasteiger partial charge on any atom is 0.373 e. The number of carbonyl (C=O) groups excluding carboxylic acids is 2. The van der Waals surface area contributed by atoms with Crippen LogP contribution in [0, 0.1) is 0 Å². The molecule has 2 rings (SSSR count). The van der Waals surface area contributed by atoms with Gasteiger partial charge in [0.05, 0.1) is 17.2 Å². The Bertz CT molecular complexity index is 646. The van der Waals surface area contributed by atoms with Crippen molar-refractivity contribution in [3.05, 3.63) is 57.5 Å². The van der Waals surface area contributed by atoms with Crippen molar-refractivity contribution in [3.63, 3.8) is 0 Å². The lowest BCUT2D eigenvalue weighted by molar-refractivity contribution is 0.0563. The van der Waals surface area contributed by atoms with Gasteiger partial charge < -0.3 is 9.15 Å². The van der Waals surface area contributed by atoms with E-state index in [1.807, 2.05) is 0 Å². The normalized spacial score (nSPS) is 10.3. The van der Waals surface area contributed by atoms with Gasteiger partial charge in [-0.15, -0.1) is 0 Å². The Kier molecular flexibility index (Phi) is 3.93. The predicted molar refractivity (Wildman–Crippen MR) is 69.9 cm³/mol. The van der Waals surface area contributed by atoms with Crippen molar-refractivity contribution in [2.45, 2.75) is 0 Å². The van der Waals surface area contributed by atoms with Crippen LogP contribution < -0.4 is 0 Å². The summed E-state index contributed by atoms with van der Waals surface area (Å²) in [6, 6.07) is 7.25. The fraction of sp³-hybridized carbons (Fsp3) is 0.0769. The van der Waals surface area contributed by atoms with E-state index >= 15 is 0 Å². The number of hydrogen-bond acceptors (Lipinski definition) is 4. The Morgan fingerprint density at radius 3 is 2.37 bits per heavy atom. The smallest absolute Gasteiger partial charge is 0.373 e. The summed E-state index contributed by atoms with van der Waals surface area (Å²) in [7, 11) is 1.23. The maximum absolute atomic E-state index is 12.1.